The molecule has 2 rings (SSSR count). The predicted molar refractivity (Wildman–Crippen MR) is 82.2 cm³/mol. The van der Waals surface area contributed by atoms with Crippen molar-refractivity contribution in [2.24, 2.45) is 11.0 Å². The molecule has 1 saturated carbocycles. The van der Waals surface area contributed by atoms with Crippen LogP contribution in [0.4, 0.5) is 0 Å². The quantitative estimate of drug-likeness (QED) is 0.508. The number of nitrogens with zero attached hydrogens (tertiary/aromatic N) is 1. The Morgan fingerprint density at radius 1 is 1.50 bits per heavy atom. The Labute approximate surface area is 118 Å². The van der Waals surface area contributed by atoms with Crippen molar-refractivity contribution in [2.45, 2.75) is 38.6 Å². The summed E-state index contributed by atoms with van der Waals surface area (Å²) in [6.45, 7) is 2.29. The zero-order valence-corrected chi connectivity index (χ0v) is 12.2. The molecule has 0 amide bonds. The van der Waals surface area contributed by atoms with Crippen LogP contribution in [0.25, 0.3) is 0 Å². The maximum atomic E-state index is 5.25. The van der Waals surface area contributed by atoms with Gasteiger partial charge in [-0.2, -0.15) is 5.10 Å². The van der Waals surface area contributed by atoms with Gasteiger partial charge < -0.3 is 5.32 Å². The van der Waals surface area contributed by atoms with Crippen LogP contribution < -0.4 is 10.7 Å². The number of thiophene rings is 1. The van der Waals surface area contributed by atoms with Crippen LogP contribution in [0.5, 0.6) is 0 Å². The Kier molecular flexibility index (Phi) is 5.13. The average Bonchev–Trinajstić information content (AvgIpc) is 2.85. The van der Waals surface area contributed by atoms with Gasteiger partial charge in [-0.15, -0.1) is 11.3 Å². The number of hydrazone groups is 1. The van der Waals surface area contributed by atoms with E-state index in [1.54, 1.807) is 17.6 Å². The van der Waals surface area contributed by atoms with Crippen LogP contribution in [-0.4, -0.2) is 17.4 Å². The molecule has 1 aromatic heterocycles. The fourth-order valence-electron chi connectivity index (χ4n) is 2.25. The second-order valence-electron chi connectivity index (χ2n) is 4.73. The molecule has 5 heteroatoms. The van der Waals surface area contributed by atoms with Crippen molar-refractivity contribution in [1.29, 1.82) is 0 Å². The number of thiocarbonyl (C=S) groups is 1. The normalized spacial score (nSPS) is 24.1. The molecule has 0 aromatic carbocycles. The third kappa shape index (κ3) is 4.07. The summed E-state index contributed by atoms with van der Waals surface area (Å²) in [7, 11) is 0. The minimum Gasteiger partial charge on any atom is -0.358 e. The minimum absolute atomic E-state index is 0.496. The van der Waals surface area contributed by atoms with Gasteiger partial charge in [0.1, 0.15) is 0 Å². The van der Waals surface area contributed by atoms with Crippen LogP contribution >= 0.6 is 23.6 Å². The van der Waals surface area contributed by atoms with Gasteiger partial charge in [0.05, 0.1) is 6.21 Å². The Morgan fingerprint density at radius 2 is 2.33 bits per heavy atom. The average molecular weight is 281 g/mol. The van der Waals surface area contributed by atoms with E-state index in [1.807, 2.05) is 17.5 Å². The lowest BCUT2D eigenvalue weighted by molar-refractivity contribution is 0.308. The second kappa shape index (κ2) is 6.85. The summed E-state index contributed by atoms with van der Waals surface area (Å²) in [5, 5.41) is 10.2. The summed E-state index contributed by atoms with van der Waals surface area (Å²) < 4.78 is 0. The van der Waals surface area contributed by atoms with Gasteiger partial charge >= 0.3 is 0 Å². The maximum absolute atomic E-state index is 5.25. The molecule has 0 radical (unpaired) electrons. The SMILES string of the molecule is C[C@H]1CCCC[C@@H]1NC(=S)N/N=C\c1cccs1. The highest BCUT2D eigenvalue weighted by Gasteiger charge is 2.21. The number of hydrogen-bond acceptors (Lipinski definition) is 3. The molecule has 1 aliphatic rings. The van der Waals surface area contributed by atoms with Gasteiger partial charge in [-0.1, -0.05) is 25.8 Å². The van der Waals surface area contributed by atoms with Gasteiger partial charge in [-0.25, -0.2) is 0 Å². The topological polar surface area (TPSA) is 36.4 Å². The van der Waals surface area contributed by atoms with Crippen molar-refractivity contribution in [2.75, 3.05) is 0 Å². The molecule has 0 aliphatic heterocycles. The van der Waals surface area contributed by atoms with Crippen molar-refractivity contribution in [1.82, 2.24) is 10.7 Å². The third-order valence-corrected chi connectivity index (χ3v) is 4.35. The first-order valence-electron chi connectivity index (χ1n) is 6.39. The molecule has 0 bridgehead atoms. The molecule has 0 spiro atoms. The molecule has 1 heterocycles. The lowest BCUT2D eigenvalue weighted by Gasteiger charge is -2.30. The Morgan fingerprint density at radius 3 is 3.06 bits per heavy atom. The van der Waals surface area contributed by atoms with Gasteiger partial charge in [0.25, 0.3) is 0 Å². The third-order valence-electron chi connectivity index (χ3n) is 3.33. The van der Waals surface area contributed by atoms with Crippen LogP contribution in [0.3, 0.4) is 0 Å². The summed E-state index contributed by atoms with van der Waals surface area (Å²) in [5.74, 6) is 0.694. The van der Waals surface area contributed by atoms with E-state index in [9.17, 15) is 0 Å². The van der Waals surface area contributed by atoms with Gasteiger partial charge in [0.15, 0.2) is 5.11 Å². The Bertz CT molecular complexity index is 400. The Hall–Kier alpha value is -0.940. The van der Waals surface area contributed by atoms with Crippen molar-refractivity contribution in [3.63, 3.8) is 0 Å². The van der Waals surface area contributed by atoms with Crippen molar-refractivity contribution in [3.05, 3.63) is 22.4 Å². The zero-order chi connectivity index (χ0) is 12.8. The minimum atomic E-state index is 0.496. The Balaban J connectivity index is 1.74. The van der Waals surface area contributed by atoms with Crippen LogP contribution in [0, 0.1) is 5.92 Å². The molecule has 1 fully saturated rings. The van der Waals surface area contributed by atoms with E-state index >= 15 is 0 Å². The molecule has 0 saturated heterocycles. The molecule has 1 aliphatic carbocycles. The highest BCUT2D eigenvalue weighted by Crippen LogP contribution is 2.23. The van der Waals surface area contributed by atoms with Gasteiger partial charge in [0, 0.05) is 10.9 Å². The monoisotopic (exact) mass is 281 g/mol. The maximum Gasteiger partial charge on any atom is 0.187 e. The molecule has 2 N–H and O–H groups in total. The van der Waals surface area contributed by atoms with Crippen molar-refractivity contribution >= 4 is 34.9 Å². The molecule has 2 atom stereocenters. The summed E-state index contributed by atoms with van der Waals surface area (Å²) in [4.78, 5) is 1.12. The van der Waals surface area contributed by atoms with E-state index in [0.29, 0.717) is 17.1 Å². The van der Waals surface area contributed by atoms with Gasteiger partial charge in [0.2, 0.25) is 0 Å². The smallest absolute Gasteiger partial charge is 0.187 e. The van der Waals surface area contributed by atoms with E-state index < -0.39 is 0 Å². The summed E-state index contributed by atoms with van der Waals surface area (Å²) in [5.41, 5.74) is 2.89. The van der Waals surface area contributed by atoms with E-state index in [2.05, 4.69) is 22.8 Å². The van der Waals surface area contributed by atoms with Gasteiger partial charge in [-0.05, 0) is 42.4 Å². The van der Waals surface area contributed by atoms with Crippen LogP contribution in [0.2, 0.25) is 0 Å². The van der Waals surface area contributed by atoms with Crippen LogP contribution in [-0.2, 0) is 0 Å². The van der Waals surface area contributed by atoms with E-state index in [4.69, 9.17) is 12.2 Å². The summed E-state index contributed by atoms with van der Waals surface area (Å²) >= 11 is 6.91. The van der Waals surface area contributed by atoms with Gasteiger partial charge in [-0.3, -0.25) is 5.43 Å². The molecular formula is C13H19N3S2. The predicted octanol–water partition coefficient (Wildman–Crippen LogP) is 3.12. The lowest BCUT2D eigenvalue weighted by atomic mass is 9.86. The number of rotatable bonds is 3. The molecule has 0 unspecified atom stereocenters. The van der Waals surface area contributed by atoms with E-state index in [0.717, 1.165) is 4.88 Å². The number of nitrogens with one attached hydrogen (secondary N) is 2. The fourth-order valence-corrected chi connectivity index (χ4v) is 3.04. The summed E-state index contributed by atoms with van der Waals surface area (Å²) in [6, 6.07) is 4.53. The van der Waals surface area contributed by atoms with Crippen LogP contribution in [0.1, 0.15) is 37.5 Å². The van der Waals surface area contributed by atoms with Crippen molar-refractivity contribution in [3.8, 4) is 0 Å². The standard InChI is InChI=1S/C13H19N3S2/c1-10-5-2-3-7-12(10)15-13(17)16-14-9-11-6-4-8-18-11/h4,6,8-10,12H,2-3,5,7H2,1H3,(H2,15,16,17)/b14-9-/t10-,12-/m0/s1. The first-order chi connectivity index (χ1) is 8.75. The molecule has 3 nitrogen and oxygen atoms in total. The molecule has 18 heavy (non-hydrogen) atoms. The molecular weight excluding hydrogens is 262 g/mol. The molecule has 98 valence electrons. The first-order valence-corrected chi connectivity index (χ1v) is 7.67. The zero-order valence-electron chi connectivity index (χ0n) is 10.6. The molecule has 1 aromatic rings. The lowest BCUT2D eigenvalue weighted by Crippen LogP contribution is -2.44. The first kappa shape index (κ1) is 13.5. The highest BCUT2D eigenvalue weighted by molar-refractivity contribution is 7.80. The van der Waals surface area contributed by atoms with E-state index in [1.165, 1.54) is 25.7 Å². The van der Waals surface area contributed by atoms with Crippen molar-refractivity contribution < 1.29 is 0 Å². The summed E-state index contributed by atoms with van der Waals surface area (Å²) in [6.07, 6.45) is 6.93. The number of hydrogen-bond donors (Lipinski definition) is 2. The van der Waals surface area contributed by atoms with Crippen LogP contribution in [0.15, 0.2) is 22.6 Å². The second-order valence-corrected chi connectivity index (χ2v) is 6.11. The fraction of sp³-hybridized carbons (Fsp3) is 0.538. The largest absolute Gasteiger partial charge is 0.358 e. The highest BCUT2D eigenvalue weighted by atomic mass is 32.1. The van der Waals surface area contributed by atoms with E-state index in [-0.39, 0.29) is 0 Å².